The van der Waals surface area contributed by atoms with Crippen LogP contribution in [-0.4, -0.2) is 31.0 Å². The van der Waals surface area contributed by atoms with Gasteiger partial charge in [0.2, 0.25) is 5.60 Å². The Morgan fingerprint density at radius 1 is 1.33 bits per heavy atom. The number of rotatable bonds is 2. The maximum absolute atomic E-state index is 11.6. The molecule has 1 unspecified atom stereocenters. The quantitative estimate of drug-likeness (QED) is 0.743. The van der Waals surface area contributed by atoms with Crippen molar-refractivity contribution >= 4 is 11.7 Å². The topological polar surface area (TPSA) is 57.1 Å². The minimum Gasteiger partial charge on any atom is -0.497 e. The molecule has 2 aliphatic heterocycles. The fourth-order valence-corrected chi connectivity index (χ4v) is 2.20. The highest BCUT2D eigenvalue weighted by molar-refractivity contribution is 6.05. The largest absolute Gasteiger partial charge is 0.497 e. The molecule has 94 valence electrons. The minimum atomic E-state index is -0.880. The van der Waals surface area contributed by atoms with E-state index in [0.29, 0.717) is 19.4 Å². The van der Waals surface area contributed by atoms with Crippen LogP contribution in [0.5, 0.6) is 5.75 Å². The van der Waals surface area contributed by atoms with Crippen LogP contribution in [0.3, 0.4) is 0 Å². The third-order valence-electron chi connectivity index (χ3n) is 3.32. The van der Waals surface area contributed by atoms with E-state index in [-0.39, 0.29) is 5.97 Å². The normalized spacial score (nSPS) is 25.8. The second-order valence-corrected chi connectivity index (χ2v) is 4.41. The van der Waals surface area contributed by atoms with Crippen LogP contribution in [0.4, 0.5) is 0 Å². The summed E-state index contributed by atoms with van der Waals surface area (Å²) >= 11 is 0. The zero-order valence-electron chi connectivity index (χ0n) is 10.0. The fourth-order valence-electron chi connectivity index (χ4n) is 2.20. The van der Waals surface area contributed by atoms with Crippen molar-refractivity contribution in [2.45, 2.75) is 18.4 Å². The Morgan fingerprint density at radius 2 is 2.11 bits per heavy atom. The first-order valence-electron chi connectivity index (χ1n) is 5.80. The predicted octanol–water partition coefficient (Wildman–Crippen LogP) is 1.51. The molecule has 1 saturated heterocycles. The van der Waals surface area contributed by atoms with E-state index in [4.69, 9.17) is 14.3 Å². The van der Waals surface area contributed by atoms with E-state index in [1.807, 2.05) is 24.3 Å². The molecule has 5 heteroatoms. The van der Waals surface area contributed by atoms with Crippen LogP contribution >= 0.6 is 0 Å². The van der Waals surface area contributed by atoms with Crippen molar-refractivity contribution in [3.05, 3.63) is 29.8 Å². The van der Waals surface area contributed by atoms with Crippen molar-refractivity contribution in [1.82, 2.24) is 0 Å². The van der Waals surface area contributed by atoms with Gasteiger partial charge in [-0.25, -0.2) is 4.79 Å². The lowest BCUT2D eigenvalue weighted by Gasteiger charge is -2.14. The van der Waals surface area contributed by atoms with E-state index in [0.717, 1.165) is 17.0 Å². The first-order chi connectivity index (χ1) is 8.73. The summed E-state index contributed by atoms with van der Waals surface area (Å²) in [6, 6.07) is 7.52. The molecule has 0 amide bonds. The smallest absolute Gasteiger partial charge is 0.353 e. The highest BCUT2D eigenvalue weighted by atomic mass is 16.7. The van der Waals surface area contributed by atoms with Crippen molar-refractivity contribution < 1.29 is 19.1 Å². The van der Waals surface area contributed by atoms with E-state index in [2.05, 4.69) is 5.16 Å². The van der Waals surface area contributed by atoms with Gasteiger partial charge in [-0.3, -0.25) is 0 Å². The number of oxime groups is 1. The predicted molar refractivity (Wildman–Crippen MR) is 63.5 cm³/mol. The van der Waals surface area contributed by atoms with Gasteiger partial charge in [0, 0.05) is 12.8 Å². The summed E-state index contributed by atoms with van der Waals surface area (Å²) in [6.07, 6.45) is 1.03. The van der Waals surface area contributed by atoms with Gasteiger partial charge in [-0.1, -0.05) is 5.16 Å². The number of cyclic esters (lactones) is 1. The summed E-state index contributed by atoms with van der Waals surface area (Å²) in [7, 11) is 1.62. The van der Waals surface area contributed by atoms with Gasteiger partial charge < -0.3 is 14.3 Å². The highest BCUT2D eigenvalue weighted by Crippen LogP contribution is 2.35. The van der Waals surface area contributed by atoms with Crippen LogP contribution in [0.25, 0.3) is 0 Å². The minimum absolute atomic E-state index is 0.310. The van der Waals surface area contributed by atoms with Crippen molar-refractivity contribution in [2.75, 3.05) is 13.7 Å². The fraction of sp³-hybridized carbons (Fsp3) is 0.385. The Bertz CT molecular complexity index is 508. The Morgan fingerprint density at radius 3 is 2.72 bits per heavy atom. The summed E-state index contributed by atoms with van der Waals surface area (Å²) in [5, 5.41) is 4.02. The third-order valence-corrected chi connectivity index (χ3v) is 3.32. The molecule has 1 aromatic carbocycles. The van der Waals surface area contributed by atoms with Crippen LogP contribution in [0.2, 0.25) is 0 Å². The van der Waals surface area contributed by atoms with Gasteiger partial charge in [-0.05, 0) is 29.8 Å². The van der Waals surface area contributed by atoms with Crippen LogP contribution < -0.4 is 4.74 Å². The lowest BCUT2D eigenvalue weighted by atomic mass is 9.93. The average Bonchev–Trinajstić information content (AvgIpc) is 2.99. The van der Waals surface area contributed by atoms with Crippen LogP contribution in [0.15, 0.2) is 29.4 Å². The number of nitrogens with zero attached hydrogens (tertiary/aromatic N) is 1. The zero-order chi connectivity index (χ0) is 12.6. The molecule has 0 radical (unpaired) electrons. The first-order valence-corrected chi connectivity index (χ1v) is 5.80. The summed E-state index contributed by atoms with van der Waals surface area (Å²) in [5.74, 6) is 0.475. The standard InChI is InChI=1S/C13H13NO4/c1-16-10-4-2-9(3-5-10)11-8-13(18-14-11)6-7-17-12(13)15/h2-5H,6-8H2,1H3. The number of carbonyl (C=O) groups is 1. The number of benzene rings is 1. The lowest BCUT2D eigenvalue weighted by Crippen LogP contribution is -2.34. The molecular weight excluding hydrogens is 234 g/mol. The van der Waals surface area contributed by atoms with Gasteiger partial charge in [-0.15, -0.1) is 0 Å². The van der Waals surface area contributed by atoms with E-state index in [1.165, 1.54) is 0 Å². The van der Waals surface area contributed by atoms with Gasteiger partial charge in [0.05, 0.1) is 19.4 Å². The summed E-state index contributed by atoms with van der Waals surface area (Å²) in [6.45, 7) is 0.407. The Balaban J connectivity index is 1.80. The summed E-state index contributed by atoms with van der Waals surface area (Å²) in [4.78, 5) is 17.0. The number of hydrogen-bond acceptors (Lipinski definition) is 5. The van der Waals surface area contributed by atoms with E-state index in [1.54, 1.807) is 7.11 Å². The van der Waals surface area contributed by atoms with Gasteiger partial charge in [0.25, 0.3) is 0 Å². The number of carbonyl (C=O) groups excluding carboxylic acids is 1. The van der Waals surface area contributed by atoms with Crippen LogP contribution in [-0.2, 0) is 14.4 Å². The molecular formula is C13H13NO4. The lowest BCUT2D eigenvalue weighted by molar-refractivity contribution is -0.155. The van der Waals surface area contributed by atoms with Crippen LogP contribution in [0.1, 0.15) is 18.4 Å². The average molecular weight is 247 g/mol. The molecule has 2 aliphatic rings. The number of esters is 1. The van der Waals surface area contributed by atoms with Crippen LogP contribution in [0, 0.1) is 0 Å². The molecule has 0 saturated carbocycles. The van der Waals surface area contributed by atoms with Gasteiger partial charge in [0.1, 0.15) is 5.75 Å². The molecule has 1 spiro atoms. The summed E-state index contributed by atoms with van der Waals surface area (Å²) < 4.78 is 10.1. The second kappa shape index (κ2) is 4.01. The molecule has 1 fully saturated rings. The zero-order valence-corrected chi connectivity index (χ0v) is 10.0. The summed E-state index contributed by atoms with van der Waals surface area (Å²) in [5.41, 5.74) is 0.832. The molecule has 5 nitrogen and oxygen atoms in total. The van der Waals surface area contributed by atoms with E-state index in [9.17, 15) is 4.79 Å². The van der Waals surface area contributed by atoms with Gasteiger partial charge in [-0.2, -0.15) is 0 Å². The molecule has 0 aromatic heterocycles. The Kier molecular flexibility index (Phi) is 2.47. The Hall–Kier alpha value is -2.04. The molecule has 0 aliphatic carbocycles. The SMILES string of the molecule is COc1ccc(C2=NOC3(CCOC3=O)C2)cc1. The molecule has 0 N–H and O–H groups in total. The molecule has 18 heavy (non-hydrogen) atoms. The monoisotopic (exact) mass is 247 g/mol. The van der Waals surface area contributed by atoms with E-state index < -0.39 is 5.60 Å². The highest BCUT2D eigenvalue weighted by Gasteiger charge is 2.51. The van der Waals surface area contributed by atoms with Gasteiger partial charge in [0.15, 0.2) is 0 Å². The van der Waals surface area contributed by atoms with Crippen molar-refractivity contribution in [2.24, 2.45) is 5.16 Å². The van der Waals surface area contributed by atoms with Crippen molar-refractivity contribution in [1.29, 1.82) is 0 Å². The molecule has 1 atom stereocenters. The molecule has 1 aromatic rings. The van der Waals surface area contributed by atoms with Crippen molar-refractivity contribution in [3.63, 3.8) is 0 Å². The maximum atomic E-state index is 11.6. The number of ether oxygens (including phenoxy) is 2. The first kappa shape index (κ1) is 11.1. The van der Waals surface area contributed by atoms with Crippen molar-refractivity contribution in [3.8, 4) is 5.75 Å². The van der Waals surface area contributed by atoms with E-state index >= 15 is 0 Å². The molecule has 3 rings (SSSR count). The third kappa shape index (κ3) is 1.63. The molecule has 0 bridgehead atoms. The Labute approximate surface area is 104 Å². The number of hydrogen-bond donors (Lipinski definition) is 0. The molecule has 2 heterocycles. The van der Waals surface area contributed by atoms with Gasteiger partial charge >= 0.3 is 5.97 Å². The maximum Gasteiger partial charge on any atom is 0.353 e. The second-order valence-electron chi connectivity index (χ2n) is 4.41. The number of methoxy groups -OCH3 is 1.